The molecule has 0 saturated heterocycles. The molecular weight excluding hydrogens is 318 g/mol. The van der Waals surface area contributed by atoms with Gasteiger partial charge in [0.1, 0.15) is 6.54 Å². The highest BCUT2D eigenvalue weighted by Crippen LogP contribution is 2.26. The molecule has 7 heteroatoms. The van der Waals surface area contributed by atoms with Crippen molar-refractivity contribution in [2.75, 3.05) is 17.2 Å². The van der Waals surface area contributed by atoms with Crippen molar-refractivity contribution in [3.8, 4) is 0 Å². The number of rotatable bonds is 7. The van der Waals surface area contributed by atoms with Gasteiger partial charge in [-0.2, -0.15) is 0 Å². The number of aliphatic carboxylic acids is 1. The Labute approximate surface area is 136 Å². The molecule has 0 unspecified atom stereocenters. The second-order valence-corrected chi connectivity index (χ2v) is 8.13. The summed E-state index contributed by atoms with van der Waals surface area (Å²) in [4.78, 5) is 24.4. The molecule has 1 aliphatic carbocycles. The summed E-state index contributed by atoms with van der Waals surface area (Å²) in [6, 6.07) is 8.43. The van der Waals surface area contributed by atoms with Gasteiger partial charge in [0.05, 0.1) is 11.0 Å². The van der Waals surface area contributed by atoms with Crippen molar-refractivity contribution in [1.29, 1.82) is 0 Å². The molecule has 1 aliphatic rings. The number of para-hydroxylation sites is 1. The number of anilines is 1. The van der Waals surface area contributed by atoms with E-state index < -0.39 is 28.3 Å². The third kappa shape index (κ3) is 4.79. The Morgan fingerprint density at radius 1 is 1.13 bits per heavy atom. The van der Waals surface area contributed by atoms with E-state index in [4.69, 9.17) is 5.11 Å². The molecule has 0 heterocycles. The Balaban J connectivity index is 2.04. The van der Waals surface area contributed by atoms with Crippen LogP contribution in [0.25, 0.3) is 0 Å². The Hall–Kier alpha value is -1.89. The zero-order chi connectivity index (χ0) is 16.9. The van der Waals surface area contributed by atoms with Crippen LogP contribution in [-0.2, 0) is 19.4 Å². The molecule has 1 saturated carbocycles. The Bertz CT molecular complexity index is 650. The SMILES string of the molecule is O=C(O)CN(C(=O)CCS(=O)(=O)C1CCCC1)c1ccccc1. The van der Waals surface area contributed by atoms with Crippen LogP contribution in [0.2, 0.25) is 0 Å². The molecular formula is C16H21NO5S. The van der Waals surface area contributed by atoms with Crippen molar-refractivity contribution < 1.29 is 23.1 Å². The highest BCUT2D eigenvalue weighted by molar-refractivity contribution is 7.92. The van der Waals surface area contributed by atoms with Gasteiger partial charge in [0, 0.05) is 12.1 Å². The van der Waals surface area contributed by atoms with E-state index in [0.29, 0.717) is 18.5 Å². The lowest BCUT2D eigenvalue weighted by Gasteiger charge is -2.21. The molecule has 1 aromatic carbocycles. The Morgan fingerprint density at radius 3 is 2.30 bits per heavy atom. The summed E-state index contributed by atoms with van der Waals surface area (Å²) in [5, 5.41) is 8.64. The van der Waals surface area contributed by atoms with Crippen molar-refractivity contribution in [3.63, 3.8) is 0 Å². The van der Waals surface area contributed by atoms with Gasteiger partial charge in [-0.25, -0.2) is 8.42 Å². The number of nitrogens with zero attached hydrogens (tertiary/aromatic N) is 1. The summed E-state index contributed by atoms with van der Waals surface area (Å²) < 4.78 is 24.5. The van der Waals surface area contributed by atoms with E-state index in [1.54, 1.807) is 30.3 Å². The molecule has 6 nitrogen and oxygen atoms in total. The smallest absolute Gasteiger partial charge is 0.323 e. The zero-order valence-corrected chi connectivity index (χ0v) is 13.7. The van der Waals surface area contributed by atoms with Gasteiger partial charge < -0.3 is 10.0 Å². The largest absolute Gasteiger partial charge is 0.480 e. The molecule has 0 bridgehead atoms. The van der Waals surface area contributed by atoms with Crippen LogP contribution >= 0.6 is 0 Å². The third-order valence-corrected chi connectivity index (χ3v) is 6.33. The summed E-state index contributed by atoms with van der Waals surface area (Å²) in [6.45, 7) is -0.480. The van der Waals surface area contributed by atoms with E-state index >= 15 is 0 Å². The second kappa shape index (κ2) is 7.59. The van der Waals surface area contributed by atoms with Crippen molar-refractivity contribution in [2.45, 2.75) is 37.4 Å². The molecule has 0 atom stereocenters. The third-order valence-electron chi connectivity index (χ3n) is 4.07. The minimum Gasteiger partial charge on any atom is -0.480 e. The first-order chi connectivity index (χ1) is 10.9. The van der Waals surface area contributed by atoms with Gasteiger partial charge >= 0.3 is 5.97 Å². The Morgan fingerprint density at radius 2 is 1.74 bits per heavy atom. The average molecular weight is 339 g/mol. The van der Waals surface area contributed by atoms with Gasteiger partial charge in [-0.1, -0.05) is 31.0 Å². The summed E-state index contributed by atoms with van der Waals surface area (Å²) in [7, 11) is -3.29. The molecule has 0 spiro atoms. The first-order valence-corrected chi connectivity index (χ1v) is 9.40. The fourth-order valence-electron chi connectivity index (χ4n) is 2.85. The van der Waals surface area contributed by atoms with Gasteiger partial charge in [-0.3, -0.25) is 9.59 Å². The van der Waals surface area contributed by atoms with Crippen LogP contribution < -0.4 is 4.90 Å². The van der Waals surface area contributed by atoms with Gasteiger partial charge in [-0.05, 0) is 25.0 Å². The van der Waals surface area contributed by atoms with Crippen LogP contribution in [0.3, 0.4) is 0 Å². The van der Waals surface area contributed by atoms with Crippen molar-refractivity contribution in [1.82, 2.24) is 0 Å². The predicted octanol–water partition coefficient (Wildman–Crippen LogP) is 1.85. The van der Waals surface area contributed by atoms with Gasteiger partial charge in [0.25, 0.3) is 0 Å². The maximum absolute atomic E-state index is 12.3. The number of carboxylic acid groups (broad SMARTS) is 1. The number of sulfone groups is 1. The van der Waals surface area contributed by atoms with Crippen molar-refractivity contribution in [3.05, 3.63) is 30.3 Å². The molecule has 0 radical (unpaired) electrons. The molecule has 126 valence electrons. The lowest BCUT2D eigenvalue weighted by Crippen LogP contribution is -2.37. The number of benzene rings is 1. The van der Waals surface area contributed by atoms with E-state index in [1.807, 2.05) is 0 Å². The highest BCUT2D eigenvalue weighted by atomic mass is 32.2. The molecule has 0 aromatic heterocycles. The van der Waals surface area contributed by atoms with Crippen molar-refractivity contribution >= 4 is 27.4 Å². The van der Waals surface area contributed by atoms with Crippen LogP contribution in [0.5, 0.6) is 0 Å². The number of amides is 1. The number of carboxylic acids is 1. The van der Waals surface area contributed by atoms with E-state index in [9.17, 15) is 18.0 Å². The monoisotopic (exact) mass is 339 g/mol. The molecule has 0 aliphatic heterocycles. The second-order valence-electron chi connectivity index (χ2n) is 5.73. The van der Waals surface area contributed by atoms with Gasteiger partial charge in [-0.15, -0.1) is 0 Å². The lowest BCUT2D eigenvalue weighted by molar-refractivity contribution is -0.136. The molecule has 1 fully saturated rings. The maximum atomic E-state index is 12.3. The molecule has 1 N–H and O–H groups in total. The summed E-state index contributed by atoms with van der Waals surface area (Å²) in [6.07, 6.45) is 2.95. The van der Waals surface area contributed by atoms with Gasteiger partial charge in [0.2, 0.25) is 5.91 Å². The topological polar surface area (TPSA) is 91.8 Å². The van der Waals surface area contributed by atoms with Crippen LogP contribution in [0.15, 0.2) is 30.3 Å². The quantitative estimate of drug-likeness (QED) is 0.818. The normalized spacial score (nSPS) is 15.5. The van der Waals surface area contributed by atoms with Crippen molar-refractivity contribution in [2.24, 2.45) is 0 Å². The lowest BCUT2D eigenvalue weighted by atomic mass is 10.2. The molecule has 23 heavy (non-hydrogen) atoms. The first-order valence-electron chi connectivity index (χ1n) is 7.69. The first kappa shape index (κ1) is 17.5. The Kier molecular flexibility index (Phi) is 5.76. The number of carbonyl (C=O) groups excluding carboxylic acids is 1. The van der Waals surface area contributed by atoms with Gasteiger partial charge in [0.15, 0.2) is 9.84 Å². The zero-order valence-electron chi connectivity index (χ0n) is 12.8. The minimum atomic E-state index is -3.29. The van der Waals surface area contributed by atoms with Crippen LogP contribution in [-0.4, -0.2) is 42.9 Å². The number of hydrogen-bond donors (Lipinski definition) is 1. The van der Waals surface area contributed by atoms with E-state index in [0.717, 1.165) is 17.7 Å². The summed E-state index contributed by atoms with van der Waals surface area (Å²) >= 11 is 0. The predicted molar refractivity (Wildman–Crippen MR) is 87.1 cm³/mol. The van der Waals surface area contributed by atoms with Crippen LogP contribution in [0.1, 0.15) is 32.1 Å². The molecule has 2 rings (SSSR count). The molecule has 1 amide bonds. The highest BCUT2D eigenvalue weighted by Gasteiger charge is 2.30. The van der Waals surface area contributed by atoms with Crippen LogP contribution in [0.4, 0.5) is 5.69 Å². The number of hydrogen-bond acceptors (Lipinski definition) is 4. The van der Waals surface area contributed by atoms with Crippen LogP contribution in [0, 0.1) is 0 Å². The fraction of sp³-hybridized carbons (Fsp3) is 0.500. The minimum absolute atomic E-state index is 0.193. The van der Waals surface area contributed by atoms with E-state index in [-0.39, 0.29) is 17.4 Å². The number of carbonyl (C=O) groups is 2. The summed E-state index contributed by atoms with van der Waals surface area (Å²) in [5.74, 6) is -1.85. The van der Waals surface area contributed by atoms with E-state index in [1.165, 1.54) is 0 Å². The maximum Gasteiger partial charge on any atom is 0.323 e. The fourth-order valence-corrected chi connectivity index (χ4v) is 4.69. The standard InChI is InChI=1S/C16H21NO5S/c18-15(10-11-23(21,22)14-8-4-5-9-14)17(12-16(19)20)13-6-2-1-3-7-13/h1-3,6-7,14H,4-5,8-12H2,(H,19,20). The summed E-state index contributed by atoms with van der Waals surface area (Å²) in [5.41, 5.74) is 0.457. The average Bonchev–Trinajstić information content (AvgIpc) is 3.06. The van der Waals surface area contributed by atoms with E-state index in [2.05, 4.69) is 0 Å². The molecule has 1 aromatic rings.